The zero-order valence-corrected chi connectivity index (χ0v) is 8.67. The molecule has 0 spiro atoms. The van der Waals surface area contributed by atoms with Crippen molar-refractivity contribution in [2.75, 3.05) is 0 Å². The first kappa shape index (κ1) is 14.3. The summed E-state index contributed by atoms with van der Waals surface area (Å²) in [5.41, 5.74) is 2.78. The highest BCUT2D eigenvalue weighted by Gasteiger charge is 2.35. The summed E-state index contributed by atoms with van der Waals surface area (Å²) in [6, 6.07) is 0. The summed E-state index contributed by atoms with van der Waals surface area (Å²) in [4.78, 5) is 13.9. The number of aldehydes is 1. The normalized spacial score (nSPS) is 11.7. The van der Waals surface area contributed by atoms with Crippen LogP contribution in [-0.4, -0.2) is 17.6 Å². The van der Waals surface area contributed by atoms with Gasteiger partial charge in [0.25, 0.3) is 6.43 Å². The van der Waals surface area contributed by atoms with Gasteiger partial charge in [-0.2, -0.15) is 0 Å². The first-order valence-electron chi connectivity index (χ1n) is 4.51. The van der Waals surface area contributed by atoms with Crippen molar-refractivity contribution in [1.29, 1.82) is 0 Å². The van der Waals surface area contributed by atoms with E-state index in [-0.39, 0.29) is 6.29 Å². The summed E-state index contributed by atoms with van der Waals surface area (Å²) in [6.07, 6.45) is -7.86. The van der Waals surface area contributed by atoms with Gasteiger partial charge in [0.1, 0.15) is 0 Å². The van der Waals surface area contributed by atoms with Crippen molar-refractivity contribution in [2.24, 2.45) is 5.73 Å². The Morgan fingerprint density at radius 3 is 2.44 bits per heavy atom. The molecule has 9 heteroatoms. The van der Waals surface area contributed by atoms with Gasteiger partial charge in [-0.1, -0.05) is 0 Å². The molecular formula is C9H7F5N2O2. The van der Waals surface area contributed by atoms with Crippen molar-refractivity contribution in [3.8, 4) is 5.75 Å². The zero-order valence-electron chi connectivity index (χ0n) is 8.67. The molecule has 0 bridgehead atoms. The third kappa shape index (κ3) is 3.13. The molecule has 0 amide bonds. The molecule has 4 nitrogen and oxygen atoms in total. The minimum Gasteiger partial charge on any atom is -0.404 e. The number of carbonyl (C=O) groups excluding carboxylic acids is 1. The topological polar surface area (TPSA) is 65.2 Å². The number of ether oxygens (including phenoxy) is 1. The fraction of sp³-hybridized carbons (Fsp3) is 0.333. The van der Waals surface area contributed by atoms with Gasteiger partial charge in [0.2, 0.25) is 0 Å². The third-order valence-electron chi connectivity index (χ3n) is 1.93. The summed E-state index contributed by atoms with van der Waals surface area (Å²) in [7, 11) is 0. The Morgan fingerprint density at radius 2 is 2.06 bits per heavy atom. The van der Waals surface area contributed by atoms with E-state index in [9.17, 15) is 26.7 Å². The average molecular weight is 270 g/mol. The number of alkyl halides is 5. The van der Waals surface area contributed by atoms with E-state index in [0.717, 1.165) is 0 Å². The molecular weight excluding hydrogens is 263 g/mol. The lowest BCUT2D eigenvalue weighted by Crippen LogP contribution is -2.21. The van der Waals surface area contributed by atoms with Crippen molar-refractivity contribution in [3.05, 3.63) is 23.0 Å². The molecule has 0 fully saturated rings. The Kier molecular flexibility index (Phi) is 4.17. The molecule has 0 unspecified atom stereocenters. The van der Waals surface area contributed by atoms with Crippen LogP contribution in [-0.2, 0) is 6.54 Å². The van der Waals surface area contributed by atoms with Crippen molar-refractivity contribution >= 4 is 6.29 Å². The van der Waals surface area contributed by atoms with E-state index in [1.165, 1.54) is 0 Å². The highest BCUT2D eigenvalue weighted by molar-refractivity contribution is 5.80. The van der Waals surface area contributed by atoms with Crippen LogP contribution in [0.1, 0.15) is 28.0 Å². The van der Waals surface area contributed by atoms with Crippen LogP contribution in [0.25, 0.3) is 0 Å². The summed E-state index contributed by atoms with van der Waals surface area (Å²) in [6.45, 7) is -0.507. The van der Waals surface area contributed by atoms with E-state index in [1.807, 2.05) is 0 Å². The van der Waals surface area contributed by atoms with E-state index in [0.29, 0.717) is 6.20 Å². The van der Waals surface area contributed by atoms with Gasteiger partial charge in [0, 0.05) is 12.7 Å². The van der Waals surface area contributed by atoms with Gasteiger partial charge in [-0.3, -0.25) is 9.78 Å². The molecule has 0 aliphatic carbocycles. The number of rotatable bonds is 4. The van der Waals surface area contributed by atoms with Crippen molar-refractivity contribution in [1.82, 2.24) is 4.98 Å². The molecule has 1 aromatic rings. The number of hydrogen-bond acceptors (Lipinski definition) is 4. The molecule has 1 heterocycles. The molecule has 1 aromatic heterocycles. The van der Waals surface area contributed by atoms with Gasteiger partial charge in [-0.25, -0.2) is 8.78 Å². The lowest BCUT2D eigenvalue weighted by molar-refractivity contribution is -0.275. The molecule has 0 aromatic carbocycles. The van der Waals surface area contributed by atoms with Crippen molar-refractivity contribution < 1.29 is 31.5 Å². The second kappa shape index (κ2) is 5.25. The van der Waals surface area contributed by atoms with Crippen molar-refractivity contribution in [2.45, 2.75) is 19.3 Å². The average Bonchev–Trinajstić information content (AvgIpc) is 2.25. The number of halogens is 5. The highest BCUT2D eigenvalue weighted by atomic mass is 19.4. The van der Waals surface area contributed by atoms with Gasteiger partial charge >= 0.3 is 6.36 Å². The zero-order chi connectivity index (χ0) is 13.9. The number of pyridine rings is 1. The van der Waals surface area contributed by atoms with Crippen LogP contribution in [0, 0.1) is 0 Å². The molecule has 2 N–H and O–H groups in total. The van der Waals surface area contributed by atoms with Crippen LogP contribution in [0.3, 0.4) is 0 Å². The smallest absolute Gasteiger partial charge is 0.404 e. The fourth-order valence-corrected chi connectivity index (χ4v) is 1.26. The van der Waals surface area contributed by atoms with Crippen LogP contribution in [0.4, 0.5) is 22.0 Å². The summed E-state index contributed by atoms with van der Waals surface area (Å²) in [5, 5.41) is 0. The Morgan fingerprint density at radius 1 is 1.44 bits per heavy atom. The quantitative estimate of drug-likeness (QED) is 0.672. The SMILES string of the molecule is NCc1ncc(C=O)c(OC(F)(F)F)c1C(F)F. The lowest BCUT2D eigenvalue weighted by atomic mass is 10.1. The maximum Gasteiger partial charge on any atom is 0.573 e. The second-order valence-corrected chi connectivity index (χ2v) is 3.07. The Hall–Kier alpha value is -1.77. The lowest BCUT2D eigenvalue weighted by Gasteiger charge is -2.16. The number of nitrogens with zero attached hydrogens (tertiary/aromatic N) is 1. The van der Waals surface area contributed by atoms with Gasteiger partial charge < -0.3 is 10.5 Å². The Balaban J connectivity index is 3.45. The third-order valence-corrected chi connectivity index (χ3v) is 1.93. The molecule has 1 rings (SSSR count). The molecule has 0 aliphatic rings. The summed E-state index contributed by atoms with van der Waals surface area (Å²) in [5.74, 6) is -1.26. The van der Waals surface area contributed by atoms with Crippen LogP contribution < -0.4 is 10.5 Å². The van der Waals surface area contributed by atoms with E-state index in [4.69, 9.17) is 5.73 Å². The molecule has 0 saturated carbocycles. The van der Waals surface area contributed by atoms with Crippen LogP contribution in [0.5, 0.6) is 5.75 Å². The maximum atomic E-state index is 12.7. The molecule has 0 aliphatic heterocycles. The van der Waals surface area contributed by atoms with Gasteiger partial charge in [0.05, 0.1) is 16.8 Å². The molecule has 0 radical (unpaired) electrons. The minimum atomic E-state index is -5.20. The van der Waals surface area contributed by atoms with Gasteiger partial charge in [0.15, 0.2) is 12.0 Å². The predicted octanol–water partition coefficient (Wildman–Crippen LogP) is 2.19. The van der Waals surface area contributed by atoms with E-state index in [2.05, 4.69) is 9.72 Å². The molecule has 18 heavy (non-hydrogen) atoms. The van der Waals surface area contributed by atoms with Crippen LogP contribution >= 0.6 is 0 Å². The predicted molar refractivity (Wildman–Crippen MR) is 49.2 cm³/mol. The van der Waals surface area contributed by atoms with E-state index >= 15 is 0 Å². The van der Waals surface area contributed by atoms with E-state index < -0.39 is 41.9 Å². The molecule has 0 atom stereocenters. The standard InChI is InChI=1S/C9H7F5N2O2/c10-8(11)6-5(1-15)16-2-4(3-17)7(6)18-9(12,13)14/h2-3,8H,1,15H2. The minimum absolute atomic E-state index is 0.0553. The van der Waals surface area contributed by atoms with Crippen molar-refractivity contribution in [3.63, 3.8) is 0 Å². The number of hydrogen-bond donors (Lipinski definition) is 1. The van der Waals surface area contributed by atoms with Crippen LogP contribution in [0.15, 0.2) is 6.20 Å². The summed E-state index contributed by atoms with van der Waals surface area (Å²) < 4.78 is 65.2. The largest absolute Gasteiger partial charge is 0.573 e. The summed E-state index contributed by atoms with van der Waals surface area (Å²) >= 11 is 0. The first-order chi connectivity index (χ1) is 8.30. The molecule has 0 saturated heterocycles. The first-order valence-corrected chi connectivity index (χ1v) is 4.51. The Bertz CT molecular complexity index is 447. The van der Waals surface area contributed by atoms with E-state index in [1.54, 1.807) is 0 Å². The van der Waals surface area contributed by atoms with Gasteiger partial charge in [-0.05, 0) is 0 Å². The number of aromatic nitrogens is 1. The molecule has 100 valence electrons. The van der Waals surface area contributed by atoms with Crippen LogP contribution in [0.2, 0.25) is 0 Å². The maximum absolute atomic E-state index is 12.7. The fourth-order valence-electron chi connectivity index (χ4n) is 1.26. The number of nitrogens with two attached hydrogens (primary N) is 1. The monoisotopic (exact) mass is 270 g/mol. The highest BCUT2D eigenvalue weighted by Crippen LogP contribution is 2.36. The Labute approximate surface area is 97.6 Å². The second-order valence-electron chi connectivity index (χ2n) is 3.07. The van der Waals surface area contributed by atoms with Gasteiger partial charge in [-0.15, -0.1) is 13.2 Å². The number of carbonyl (C=O) groups is 1.